The van der Waals surface area contributed by atoms with Gasteiger partial charge < -0.3 is 19.9 Å². The number of esters is 1. The Morgan fingerprint density at radius 2 is 2.33 bits per heavy atom. The summed E-state index contributed by atoms with van der Waals surface area (Å²) in [7, 11) is 0. The Bertz CT molecular complexity index is 233. The van der Waals surface area contributed by atoms with E-state index in [1.165, 1.54) is 0 Å². The number of hydrogen-bond donors (Lipinski definition) is 1. The van der Waals surface area contributed by atoms with Crippen molar-refractivity contribution in [3.05, 3.63) is 0 Å². The lowest BCUT2D eigenvalue weighted by Crippen LogP contribution is -2.32. The molecule has 2 rings (SSSR count). The summed E-state index contributed by atoms with van der Waals surface area (Å²) in [4.78, 5) is 11.4. The van der Waals surface area contributed by atoms with Gasteiger partial charge in [0.2, 0.25) is 0 Å². The lowest BCUT2D eigenvalue weighted by Gasteiger charge is -2.16. The highest BCUT2D eigenvalue weighted by Gasteiger charge is 2.43. The van der Waals surface area contributed by atoms with E-state index in [0.717, 1.165) is 6.42 Å². The molecule has 15 heavy (non-hydrogen) atoms. The van der Waals surface area contributed by atoms with Crippen LogP contribution >= 0.6 is 0 Å². The van der Waals surface area contributed by atoms with Gasteiger partial charge in [-0.15, -0.1) is 0 Å². The molecule has 2 saturated heterocycles. The van der Waals surface area contributed by atoms with Crippen molar-refractivity contribution in [2.75, 3.05) is 19.8 Å². The molecule has 2 N–H and O–H groups in total. The van der Waals surface area contributed by atoms with E-state index in [-0.39, 0.29) is 24.3 Å². The van der Waals surface area contributed by atoms with Crippen LogP contribution in [0.25, 0.3) is 0 Å². The average Bonchev–Trinajstić information content (AvgIpc) is 2.80. The van der Waals surface area contributed by atoms with Gasteiger partial charge in [-0.3, -0.25) is 4.79 Å². The van der Waals surface area contributed by atoms with E-state index in [0.29, 0.717) is 32.6 Å². The smallest absolute Gasteiger partial charge is 0.306 e. The molecule has 0 radical (unpaired) electrons. The second-order valence-electron chi connectivity index (χ2n) is 3.92. The highest BCUT2D eigenvalue weighted by molar-refractivity contribution is 5.69. The third-order valence-electron chi connectivity index (χ3n) is 2.79. The Hall–Kier alpha value is -0.650. The van der Waals surface area contributed by atoms with Gasteiger partial charge in [0.1, 0.15) is 6.10 Å². The maximum atomic E-state index is 11.4. The number of fused-ring (bicyclic) bond motifs is 1. The van der Waals surface area contributed by atoms with Gasteiger partial charge in [-0.05, 0) is 19.4 Å². The van der Waals surface area contributed by atoms with Gasteiger partial charge in [-0.25, -0.2) is 0 Å². The molecule has 3 atom stereocenters. The van der Waals surface area contributed by atoms with Crippen molar-refractivity contribution in [3.8, 4) is 0 Å². The number of nitrogens with two attached hydrogens (primary N) is 1. The molecule has 5 heteroatoms. The molecular weight excluding hydrogens is 198 g/mol. The zero-order valence-electron chi connectivity index (χ0n) is 8.69. The molecule has 0 aromatic heterocycles. The largest absolute Gasteiger partial charge is 0.457 e. The molecule has 0 spiro atoms. The van der Waals surface area contributed by atoms with Gasteiger partial charge >= 0.3 is 5.97 Å². The highest BCUT2D eigenvalue weighted by Crippen LogP contribution is 2.28. The second-order valence-corrected chi connectivity index (χ2v) is 3.92. The van der Waals surface area contributed by atoms with Crippen LogP contribution in [0.15, 0.2) is 0 Å². The minimum atomic E-state index is -0.220. The van der Waals surface area contributed by atoms with E-state index < -0.39 is 0 Å². The predicted octanol–water partition coefficient (Wildman–Crippen LogP) is -0.175. The summed E-state index contributed by atoms with van der Waals surface area (Å²) >= 11 is 0. The van der Waals surface area contributed by atoms with E-state index >= 15 is 0 Å². The van der Waals surface area contributed by atoms with Crippen molar-refractivity contribution in [1.29, 1.82) is 0 Å². The molecule has 2 aliphatic rings. The molecule has 2 heterocycles. The fraction of sp³-hybridized carbons (Fsp3) is 0.900. The van der Waals surface area contributed by atoms with Crippen molar-refractivity contribution in [2.45, 2.75) is 37.6 Å². The van der Waals surface area contributed by atoms with E-state index in [4.69, 9.17) is 19.9 Å². The monoisotopic (exact) mass is 215 g/mol. The molecule has 2 unspecified atom stereocenters. The van der Waals surface area contributed by atoms with E-state index in [2.05, 4.69) is 0 Å². The molecular formula is C10H17NO4. The Kier molecular flexibility index (Phi) is 3.56. The standard InChI is InChI=1S/C10H17NO4/c11-4-1-2-9(12)15-8-6-14-7-3-5-13-10(7)8/h7-8,10H,1-6,11H2/t7?,8-,10?/m1/s1. The molecule has 2 fully saturated rings. The quantitative estimate of drug-likeness (QED) is 0.659. The van der Waals surface area contributed by atoms with Crippen molar-refractivity contribution in [2.24, 2.45) is 5.73 Å². The van der Waals surface area contributed by atoms with E-state index in [1.54, 1.807) is 0 Å². The third-order valence-corrected chi connectivity index (χ3v) is 2.79. The molecule has 0 aromatic carbocycles. The molecule has 86 valence electrons. The van der Waals surface area contributed by atoms with Crippen molar-refractivity contribution in [1.82, 2.24) is 0 Å². The van der Waals surface area contributed by atoms with Crippen LogP contribution in [0.4, 0.5) is 0 Å². The zero-order chi connectivity index (χ0) is 10.7. The number of hydrogen-bond acceptors (Lipinski definition) is 5. The summed E-state index contributed by atoms with van der Waals surface area (Å²) in [5.74, 6) is -0.204. The molecule has 0 aliphatic carbocycles. The molecule has 0 bridgehead atoms. The Labute approximate surface area is 88.9 Å². The first-order chi connectivity index (χ1) is 7.31. The second kappa shape index (κ2) is 4.92. The molecule has 0 amide bonds. The van der Waals surface area contributed by atoms with E-state index in [1.807, 2.05) is 0 Å². The van der Waals surface area contributed by atoms with E-state index in [9.17, 15) is 4.79 Å². The lowest BCUT2D eigenvalue weighted by molar-refractivity contribution is -0.153. The molecule has 2 aliphatic heterocycles. The van der Waals surface area contributed by atoms with Crippen molar-refractivity contribution in [3.63, 3.8) is 0 Å². The van der Waals surface area contributed by atoms with Gasteiger partial charge in [0, 0.05) is 13.0 Å². The molecule has 0 saturated carbocycles. The van der Waals surface area contributed by atoms with Crippen LogP contribution in [0.3, 0.4) is 0 Å². The fourth-order valence-corrected chi connectivity index (χ4v) is 2.01. The Morgan fingerprint density at radius 3 is 3.13 bits per heavy atom. The summed E-state index contributed by atoms with van der Waals surface area (Å²) in [6.45, 7) is 1.68. The van der Waals surface area contributed by atoms with Gasteiger partial charge in [0.25, 0.3) is 0 Å². The number of rotatable bonds is 4. The van der Waals surface area contributed by atoms with Gasteiger partial charge in [0.15, 0.2) is 6.10 Å². The maximum Gasteiger partial charge on any atom is 0.306 e. The van der Waals surface area contributed by atoms with Crippen LogP contribution in [0.5, 0.6) is 0 Å². The Balaban J connectivity index is 1.77. The van der Waals surface area contributed by atoms with Crippen LogP contribution < -0.4 is 5.73 Å². The lowest BCUT2D eigenvalue weighted by atomic mass is 10.1. The summed E-state index contributed by atoms with van der Waals surface area (Å²) in [5.41, 5.74) is 5.31. The van der Waals surface area contributed by atoms with Crippen LogP contribution in [0.1, 0.15) is 19.3 Å². The molecule has 5 nitrogen and oxygen atoms in total. The SMILES string of the molecule is NCCCC(=O)O[C@@H]1COC2CCOC21. The minimum Gasteiger partial charge on any atom is -0.457 e. The van der Waals surface area contributed by atoms with Gasteiger partial charge in [-0.1, -0.05) is 0 Å². The van der Waals surface area contributed by atoms with Crippen LogP contribution in [-0.2, 0) is 19.0 Å². The first kappa shape index (κ1) is 10.9. The van der Waals surface area contributed by atoms with Crippen molar-refractivity contribution < 1.29 is 19.0 Å². The van der Waals surface area contributed by atoms with Gasteiger partial charge in [-0.2, -0.15) is 0 Å². The summed E-state index contributed by atoms with van der Waals surface area (Å²) in [6.07, 6.45) is 1.81. The van der Waals surface area contributed by atoms with Crippen LogP contribution in [0, 0.1) is 0 Å². The number of ether oxygens (including phenoxy) is 3. The minimum absolute atomic E-state index is 0.0492. The topological polar surface area (TPSA) is 70.8 Å². The van der Waals surface area contributed by atoms with Crippen LogP contribution in [0.2, 0.25) is 0 Å². The van der Waals surface area contributed by atoms with Crippen molar-refractivity contribution >= 4 is 5.97 Å². The highest BCUT2D eigenvalue weighted by atomic mass is 16.6. The Morgan fingerprint density at radius 1 is 1.47 bits per heavy atom. The predicted molar refractivity (Wildman–Crippen MR) is 52.3 cm³/mol. The normalized spacial score (nSPS) is 34.1. The first-order valence-electron chi connectivity index (χ1n) is 5.44. The maximum absolute atomic E-state index is 11.4. The summed E-state index contributed by atoms with van der Waals surface area (Å²) < 4.78 is 16.2. The first-order valence-corrected chi connectivity index (χ1v) is 5.44. The zero-order valence-corrected chi connectivity index (χ0v) is 8.69. The third kappa shape index (κ3) is 2.48. The number of carbonyl (C=O) groups is 1. The molecule has 0 aromatic rings. The van der Waals surface area contributed by atoms with Crippen LogP contribution in [-0.4, -0.2) is 44.0 Å². The number of carbonyl (C=O) groups excluding carboxylic acids is 1. The average molecular weight is 215 g/mol. The summed E-state index contributed by atoms with van der Waals surface area (Å²) in [5, 5.41) is 0. The fourth-order valence-electron chi connectivity index (χ4n) is 2.01. The summed E-state index contributed by atoms with van der Waals surface area (Å²) in [6, 6.07) is 0. The van der Waals surface area contributed by atoms with Gasteiger partial charge in [0.05, 0.1) is 12.7 Å².